The molecule has 1 heteroatoms. The lowest BCUT2D eigenvalue weighted by atomic mass is 9.87. The molecular formula is C20H33N. The van der Waals surface area contributed by atoms with Crippen LogP contribution in [0.15, 0.2) is 12.1 Å². The van der Waals surface area contributed by atoms with Gasteiger partial charge in [-0.3, -0.25) is 0 Å². The second-order valence-corrected chi connectivity index (χ2v) is 7.16. The third kappa shape index (κ3) is 4.85. The number of nitrogens with one attached hydrogen (secondary N) is 1. The zero-order valence-corrected chi connectivity index (χ0v) is 14.5. The molecule has 0 aromatic heterocycles. The number of hydrogen-bond donors (Lipinski definition) is 1. The fourth-order valence-electron chi connectivity index (χ4n) is 4.08. The topological polar surface area (TPSA) is 12.0 Å². The highest BCUT2D eigenvalue weighted by Crippen LogP contribution is 2.28. The van der Waals surface area contributed by atoms with Gasteiger partial charge in [-0.05, 0) is 63.3 Å². The molecule has 21 heavy (non-hydrogen) atoms. The summed E-state index contributed by atoms with van der Waals surface area (Å²) in [7, 11) is 2.14. The van der Waals surface area contributed by atoms with Crippen LogP contribution in [0.3, 0.4) is 0 Å². The summed E-state index contributed by atoms with van der Waals surface area (Å²) in [5.41, 5.74) is 5.88. The van der Waals surface area contributed by atoms with E-state index in [-0.39, 0.29) is 0 Å². The number of hydrogen-bond acceptors (Lipinski definition) is 1. The monoisotopic (exact) mass is 287 g/mol. The van der Waals surface area contributed by atoms with Crippen molar-refractivity contribution >= 4 is 0 Å². The van der Waals surface area contributed by atoms with E-state index in [0.29, 0.717) is 6.04 Å². The van der Waals surface area contributed by atoms with Crippen molar-refractivity contribution in [3.05, 3.63) is 34.4 Å². The van der Waals surface area contributed by atoms with E-state index in [0.717, 1.165) is 5.92 Å². The molecule has 1 aromatic carbocycles. The van der Waals surface area contributed by atoms with Gasteiger partial charge in [0.15, 0.2) is 0 Å². The molecule has 0 bridgehead atoms. The number of benzene rings is 1. The van der Waals surface area contributed by atoms with E-state index < -0.39 is 0 Å². The van der Waals surface area contributed by atoms with Gasteiger partial charge in [0.25, 0.3) is 0 Å². The lowest BCUT2D eigenvalue weighted by Crippen LogP contribution is -2.30. The molecule has 1 saturated carbocycles. The molecule has 0 amide bonds. The zero-order chi connectivity index (χ0) is 15.2. The van der Waals surface area contributed by atoms with Crippen molar-refractivity contribution in [3.8, 4) is 0 Å². The van der Waals surface area contributed by atoms with Gasteiger partial charge in [-0.15, -0.1) is 0 Å². The standard InChI is InChI=1S/C20H33N/c1-15-11-16(2)20(17(3)12-15)14-19(21-4)13-18-9-7-5-6-8-10-18/h11-12,18-19,21H,5-10,13-14H2,1-4H3. The summed E-state index contributed by atoms with van der Waals surface area (Å²) in [5, 5.41) is 3.59. The first-order valence-corrected chi connectivity index (χ1v) is 8.84. The van der Waals surface area contributed by atoms with E-state index in [1.54, 1.807) is 5.56 Å². The van der Waals surface area contributed by atoms with Gasteiger partial charge in [0.1, 0.15) is 0 Å². The van der Waals surface area contributed by atoms with Crippen molar-refractivity contribution in [2.24, 2.45) is 5.92 Å². The molecule has 0 radical (unpaired) electrons. The first kappa shape index (κ1) is 16.5. The fourth-order valence-corrected chi connectivity index (χ4v) is 4.08. The first-order valence-electron chi connectivity index (χ1n) is 8.84. The van der Waals surface area contributed by atoms with Crippen LogP contribution in [0.2, 0.25) is 0 Å². The Morgan fingerprint density at radius 2 is 1.57 bits per heavy atom. The summed E-state index contributed by atoms with van der Waals surface area (Å²) in [6, 6.07) is 5.30. The Kier molecular flexibility index (Phi) is 6.29. The second-order valence-electron chi connectivity index (χ2n) is 7.16. The van der Waals surface area contributed by atoms with Crippen LogP contribution in [-0.2, 0) is 6.42 Å². The molecule has 1 fully saturated rings. The molecule has 1 unspecified atom stereocenters. The molecule has 0 spiro atoms. The Bertz CT molecular complexity index is 418. The molecule has 0 saturated heterocycles. The normalized spacial score (nSPS) is 18.5. The molecule has 1 nitrogen and oxygen atoms in total. The van der Waals surface area contributed by atoms with Crippen LogP contribution in [0.25, 0.3) is 0 Å². The molecule has 1 atom stereocenters. The van der Waals surface area contributed by atoms with Gasteiger partial charge in [-0.25, -0.2) is 0 Å². The molecular weight excluding hydrogens is 254 g/mol. The summed E-state index contributed by atoms with van der Waals surface area (Å²) in [6.45, 7) is 6.74. The SMILES string of the molecule is CNC(Cc1c(C)cc(C)cc1C)CC1CCCCCC1. The maximum Gasteiger partial charge on any atom is 0.0107 e. The molecule has 1 N–H and O–H groups in total. The molecule has 1 aliphatic carbocycles. The van der Waals surface area contributed by atoms with Crippen molar-refractivity contribution in [2.75, 3.05) is 7.05 Å². The van der Waals surface area contributed by atoms with E-state index in [1.165, 1.54) is 68.1 Å². The van der Waals surface area contributed by atoms with E-state index in [9.17, 15) is 0 Å². The van der Waals surface area contributed by atoms with Gasteiger partial charge in [0.2, 0.25) is 0 Å². The average Bonchev–Trinajstić information content (AvgIpc) is 2.69. The molecule has 1 aliphatic rings. The number of rotatable bonds is 5. The predicted octanol–water partition coefficient (Wildman–Crippen LogP) is 5.10. The maximum atomic E-state index is 3.59. The van der Waals surface area contributed by atoms with Gasteiger partial charge < -0.3 is 5.32 Å². The highest BCUT2D eigenvalue weighted by atomic mass is 14.9. The van der Waals surface area contributed by atoms with E-state index in [4.69, 9.17) is 0 Å². The molecule has 0 aliphatic heterocycles. The second kappa shape index (κ2) is 7.98. The van der Waals surface area contributed by atoms with Crippen molar-refractivity contribution in [2.45, 2.75) is 78.2 Å². The number of likely N-dealkylation sites (N-methyl/N-ethyl adjacent to an activating group) is 1. The summed E-state index contributed by atoms with van der Waals surface area (Å²) >= 11 is 0. The first-order chi connectivity index (χ1) is 10.1. The quantitative estimate of drug-likeness (QED) is 0.743. The predicted molar refractivity (Wildman–Crippen MR) is 93.0 cm³/mol. The number of aryl methyl sites for hydroxylation is 3. The Morgan fingerprint density at radius 3 is 2.10 bits per heavy atom. The average molecular weight is 287 g/mol. The molecule has 1 aromatic rings. The van der Waals surface area contributed by atoms with Gasteiger partial charge in [0, 0.05) is 6.04 Å². The van der Waals surface area contributed by atoms with E-state index >= 15 is 0 Å². The van der Waals surface area contributed by atoms with Crippen molar-refractivity contribution in [1.82, 2.24) is 5.32 Å². The van der Waals surface area contributed by atoms with Crippen LogP contribution >= 0.6 is 0 Å². The van der Waals surface area contributed by atoms with E-state index in [2.05, 4.69) is 45.3 Å². The third-order valence-corrected chi connectivity index (χ3v) is 5.29. The van der Waals surface area contributed by atoms with Crippen LogP contribution in [-0.4, -0.2) is 13.1 Å². The summed E-state index contributed by atoms with van der Waals surface area (Å²) in [4.78, 5) is 0. The third-order valence-electron chi connectivity index (χ3n) is 5.29. The highest BCUT2D eigenvalue weighted by Gasteiger charge is 2.18. The van der Waals surface area contributed by atoms with Crippen LogP contribution in [0.4, 0.5) is 0 Å². The molecule has 0 heterocycles. The summed E-state index contributed by atoms with van der Waals surface area (Å²) in [6.07, 6.45) is 11.2. The van der Waals surface area contributed by atoms with E-state index in [1.807, 2.05) is 0 Å². The molecule has 2 rings (SSSR count). The minimum absolute atomic E-state index is 0.633. The largest absolute Gasteiger partial charge is 0.317 e. The van der Waals surface area contributed by atoms with Crippen molar-refractivity contribution < 1.29 is 0 Å². The summed E-state index contributed by atoms with van der Waals surface area (Å²) < 4.78 is 0. The maximum absolute atomic E-state index is 3.59. The van der Waals surface area contributed by atoms with Gasteiger partial charge >= 0.3 is 0 Å². The zero-order valence-electron chi connectivity index (χ0n) is 14.5. The van der Waals surface area contributed by atoms with Crippen molar-refractivity contribution in [3.63, 3.8) is 0 Å². The summed E-state index contributed by atoms with van der Waals surface area (Å²) in [5.74, 6) is 0.941. The van der Waals surface area contributed by atoms with Gasteiger partial charge in [-0.1, -0.05) is 56.2 Å². The van der Waals surface area contributed by atoms with Crippen LogP contribution < -0.4 is 5.32 Å². The Hall–Kier alpha value is -0.820. The fraction of sp³-hybridized carbons (Fsp3) is 0.700. The Morgan fingerprint density at radius 1 is 1.00 bits per heavy atom. The minimum atomic E-state index is 0.633. The minimum Gasteiger partial charge on any atom is -0.317 e. The highest BCUT2D eigenvalue weighted by molar-refractivity contribution is 5.38. The van der Waals surface area contributed by atoms with Crippen molar-refractivity contribution in [1.29, 1.82) is 0 Å². The lowest BCUT2D eigenvalue weighted by Gasteiger charge is -2.24. The smallest absolute Gasteiger partial charge is 0.0107 e. The van der Waals surface area contributed by atoms with Gasteiger partial charge in [0.05, 0.1) is 0 Å². The Labute approximate surface area is 131 Å². The van der Waals surface area contributed by atoms with Gasteiger partial charge in [-0.2, -0.15) is 0 Å². The molecule has 118 valence electrons. The Balaban J connectivity index is 2.01. The lowest BCUT2D eigenvalue weighted by molar-refractivity contribution is 0.361. The van der Waals surface area contributed by atoms with Crippen LogP contribution in [0.1, 0.15) is 67.2 Å². The van der Waals surface area contributed by atoms with Crippen LogP contribution in [0, 0.1) is 26.7 Å². The van der Waals surface area contributed by atoms with Crippen LogP contribution in [0.5, 0.6) is 0 Å².